The number of aliphatic hydroxyl groups is 1. The molecule has 15 heavy (non-hydrogen) atoms. The van der Waals surface area contributed by atoms with Crippen molar-refractivity contribution in [2.24, 2.45) is 11.8 Å². The quantitative estimate of drug-likeness (QED) is 0.588. The second-order valence-electron chi connectivity index (χ2n) is 3.09. The Labute approximate surface area is 94.9 Å². The van der Waals surface area contributed by atoms with E-state index in [1.54, 1.807) is 0 Å². The molecule has 0 rings (SSSR count). The first-order valence-corrected chi connectivity index (χ1v) is 3.81. The maximum absolute atomic E-state index is 8.77. The second kappa shape index (κ2) is 29.3. The summed E-state index contributed by atoms with van der Waals surface area (Å²) in [5, 5.41) is 8.77. The molecule has 0 radical (unpaired) electrons. The molecule has 0 aliphatic carbocycles. The van der Waals surface area contributed by atoms with Crippen LogP contribution in [0.3, 0.4) is 0 Å². The molecule has 1 nitrogen and oxygen atoms in total. The zero-order valence-corrected chi connectivity index (χ0v) is 13.8. The van der Waals surface area contributed by atoms with Crippen molar-refractivity contribution < 1.29 is 5.11 Å². The van der Waals surface area contributed by atoms with Crippen LogP contribution in [0.15, 0.2) is 0 Å². The summed E-state index contributed by atoms with van der Waals surface area (Å²) in [5.41, 5.74) is 0. The predicted octanol–water partition coefficient (Wildman–Crippen LogP) is 5.23. The number of aliphatic hydroxyl groups excluding tert-OH is 1. The molecule has 1 unspecified atom stereocenters. The van der Waals surface area contributed by atoms with Crippen molar-refractivity contribution in [2.45, 2.75) is 70.7 Å². The number of hydrogen-bond donors (Lipinski definition) is 1. The molecule has 0 aromatic rings. The van der Waals surface area contributed by atoms with Crippen LogP contribution in [0.4, 0.5) is 0 Å². The Morgan fingerprint density at radius 1 is 0.933 bits per heavy atom. The summed E-state index contributed by atoms with van der Waals surface area (Å²) in [6, 6.07) is 0. The Morgan fingerprint density at radius 2 is 1.27 bits per heavy atom. The summed E-state index contributed by atoms with van der Waals surface area (Å²) < 4.78 is 0. The van der Waals surface area contributed by atoms with Gasteiger partial charge < -0.3 is 5.11 Å². The third kappa shape index (κ3) is 32.1. The first-order chi connectivity index (χ1) is 4.20. The van der Waals surface area contributed by atoms with E-state index in [4.69, 9.17) is 5.11 Å². The van der Waals surface area contributed by atoms with Gasteiger partial charge in [-0.1, -0.05) is 64.3 Å². The van der Waals surface area contributed by atoms with E-state index in [9.17, 15) is 0 Å². The Hall–Kier alpha value is -1.04. The Kier molecular flexibility index (Phi) is 94.4. The van der Waals surface area contributed by atoms with Crippen LogP contribution in [0.25, 0.3) is 0 Å². The van der Waals surface area contributed by atoms with Gasteiger partial charge in [-0.2, -0.15) is 0 Å². The van der Waals surface area contributed by atoms with E-state index in [0.29, 0.717) is 12.5 Å². The smallest absolute Gasteiger partial charge is 0.0459 e. The van der Waals surface area contributed by atoms with E-state index in [-0.39, 0.29) is 37.1 Å². The van der Waals surface area contributed by atoms with Gasteiger partial charge in [-0.15, -0.1) is 0 Å². The molecule has 1 atom stereocenters. The fraction of sp³-hybridized carbons (Fsp3) is 1.00. The van der Waals surface area contributed by atoms with E-state index >= 15 is 0 Å². The van der Waals surface area contributed by atoms with Crippen LogP contribution in [-0.4, -0.2) is 11.7 Å². The van der Waals surface area contributed by atoms with Crippen LogP contribution in [0, 0.1) is 11.8 Å². The summed E-state index contributed by atoms with van der Waals surface area (Å²) in [4.78, 5) is 0. The zero-order valence-electron chi connectivity index (χ0n) is 7.43. The van der Waals surface area contributed by atoms with Crippen molar-refractivity contribution in [3.8, 4) is 0 Å². The maximum atomic E-state index is 8.77. The van der Waals surface area contributed by atoms with Crippen molar-refractivity contribution in [2.75, 3.05) is 6.61 Å². The second-order valence-corrected chi connectivity index (χ2v) is 3.09. The topological polar surface area (TPSA) is 20.2 Å². The first kappa shape index (κ1) is 48.4. The molecule has 0 bridgehead atoms. The largest absolute Gasteiger partial charge is 0.396 e. The number of hydrogen-bond acceptors (Lipinski definition) is 1. The standard InChI is InChI=1S/C8H18O.5CH4.Rf/c1-4-8(6-9)5-7(2)3;;;;;;/h7-9H,4-6H2,1-3H3;5*1H4;. The van der Waals surface area contributed by atoms with Crippen molar-refractivity contribution in [1.82, 2.24) is 0 Å². The Balaban J connectivity index is -0.0000000213. The van der Waals surface area contributed by atoms with Crippen LogP contribution in [-0.2, 0) is 0 Å². The van der Waals surface area contributed by atoms with Gasteiger partial charge in [0.25, 0.3) is 0 Å². The normalized spacial score (nSPS) is 8.60. The molecule has 0 aromatic carbocycles. The van der Waals surface area contributed by atoms with Gasteiger partial charge in [0.2, 0.25) is 0 Å². The van der Waals surface area contributed by atoms with Crippen LogP contribution in [0.2, 0.25) is 0 Å². The fourth-order valence-corrected chi connectivity index (χ4v) is 1.04. The molecule has 0 saturated heterocycles. The minimum absolute atomic E-state index is 0. The predicted molar refractivity (Wildman–Crippen MR) is 74.0 cm³/mol. The molecule has 0 heterocycles. The summed E-state index contributed by atoms with van der Waals surface area (Å²) in [6.45, 7) is 6.87. The Bertz CT molecular complexity index is 61.6. The molecule has 0 spiro atoms. The third-order valence-corrected chi connectivity index (χ3v) is 1.64. The molecule has 98 valence electrons. The van der Waals surface area contributed by atoms with Crippen molar-refractivity contribution >= 4 is 0 Å². The molecule has 2 heteroatoms. The van der Waals surface area contributed by atoms with Gasteiger partial charge in [0, 0.05) is 6.61 Å². The molecule has 0 aromatic heterocycles. The van der Waals surface area contributed by atoms with Crippen molar-refractivity contribution in [1.29, 1.82) is 0 Å². The molecule has 0 amide bonds. The monoisotopic (exact) mass is 477 g/mol. The maximum Gasteiger partial charge on any atom is 0.0459 e. The van der Waals surface area contributed by atoms with Crippen LogP contribution < -0.4 is 0 Å². The third-order valence-electron chi connectivity index (χ3n) is 1.64. The van der Waals surface area contributed by atoms with Gasteiger partial charge in [0.1, 0.15) is 0 Å². The van der Waals surface area contributed by atoms with E-state index in [2.05, 4.69) is 20.8 Å². The van der Waals surface area contributed by atoms with Gasteiger partial charge in [-0.3, -0.25) is 0 Å². The van der Waals surface area contributed by atoms with Crippen LogP contribution >= 0.6 is 0 Å². The summed E-state index contributed by atoms with van der Waals surface area (Å²) >= 11 is 0. The van der Waals surface area contributed by atoms with Gasteiger partial charge in [0.05, 0.1) is 0 Å². The van der Waals surface area contributed by atoms with Gasteiger partial charge in [-0.05, 0) is 18.3 Å². The van der Waals surface area contributed by atoms with Crippen molar-refractivity contribution in [3.63, 3.8) is 0 Å². The average molecular weight is 477 g/mol. The van der Waals surface area contributed by atoms with E-state index < -0.39 is 0 Å². The SMILES string of the molecule is C.C.C.C.C.CCC(CO)CC(C)C.[Rf]. The van der Waals surface area contributed by atoms with Gasteiger partial charge >= 0.3 is 0 Å². The first-order valence-electron chi connectivity index (χ1n) is 3.81. The summed E-state index contributed by atoms with van der Waals surface area (Å²) in [7, 11) is 0. The van der Waals surface area contributed by atoms with Crippen molar-refractivity contribution in [3.05, 3.63) is 0 Å². The van der Waals surface area contributed by atoms with E-state index in [1.165, 1.54) is 0 Å². The Morgan fingerprint density at radius 3 is 1.33 bits per heavy atom. The average Bonchev–Trinajstić information content (AvgIpc) is 1.82. The molecule has 0 saturated carbocycles. The minimum atomic E-state index is 0. The van der Waals surface area contributed by atoms with Gasteiger partial charge in [0.15, 0.2) is 0 Å². The summed E-state index contributed by atoms with van der Waals surface area (Å²) in [5.74, 6) is 1.26. The minimum Gasteiger partial charge on any atom is -0.396 e. The number of rotatable bonds is 4. The molecule has 1 N–H and O–H groups in total. The zero-order chi connectivity index (χ0) is 7.28. The van der Waals surface area contributed by atoms with E-state index in [0.717, 1.165) is 18.8 Å². The molecule has 0 aliphatic rings. The van der Waals surface area contributed by atoms with Crippen LogP contribution in [0.1, 0.15) is 70.7 Å². The van der Waals surface area contributed by atoms with E-state index in [1.807, 2.05) is 0 Å². The molecule has 0 aliphatic heterocycles. The fourth-order valence-electron chi connectivity index (χ4n) is 1.04. The molecular weight excluding hydrogens is 439 g/mol. The van der Waals surface area contributed by atoms with Gasteiger partial charge in [-0.25, -0.2) is 0 Å². The molecular formula is C13H38ORf. The molecule has 0 fully saturated rings. The summed E-state index contributed by atoms with van der Waals surface area (Å²) in [6.07, 6.45) is 2.27. The van der Waals surface area contributed by atoms with Crippen LogP contribution in [0.5, 0.6) is 0 Å².